The zero-order valence-electron chi connectivity index (χ0n) is 16.2. The molecule has 1 amide bonds. The number of piperidine rings is 2. The third-order valence-electron chi connectivity index (χ3n) is 5.91. The molecule has 8 heteroatoms. The molecule has 0 saturated carbocycles. The Morgan fingerprint density at radius 1 is 1.33 bits per heavy atom. The SMILES string of the molecule is CN1CC[C@]2(C(=O)NCCCc3ccccn3)CCCN(S(C)(=O)=O)[C@H]2C1. The summed E-state index contributed by atoms with van der Waals surface area (Å²) in [6.45, 7) is 2.51. The normalized spacial score (nSPS) is 27.1. The Kier molecular flexibility index (Phi) is 6.18. The van der Waals surface area contributed by atoms with Crippen molar-refractivity contribution in [1.82, 2.24) is 19.5 Å². The van der Waals surface area contributed by atoms with Crippen LogP contribution >= 0.6 is 0 Å². The fraction of sp³-hybridized carbons (Fsp3) is 0.684. The van der Waals surface area contributed by atoms with Crippen molar-refractivity contribution in [2.45, 2.75) is 38.1 Å². The quantitative estimate of drug-likeness (QED) is 0.724. The van der Waals surface area contributed by atoms with E-state index >= 15 is 0 Å². The van der Waals surface area contributed by atoms with Gasteiger partial charge < -0.3 is 10.2 Å². The Hall–Kier alpha value is -1.51. The minimum absolute atomic E-state index is 0.00923. The molecule has 7 nitrogen and oxygen atoms in total. The number of carbonyl (C=O) groups excluding carboxylic acids is 1. The van der Waals surface area contributed by atoms with E-state index in [2.05, 4.69) is 15.2 Å². The van der Waals surface area contributed by atoms with Gasteiger partial charge in [-0.2, -0.15) is 4.31 Å². The number of hydrogen-bond donors (Lipinski definition) is 1. The minimum Gasteiger partial charge on any atom is -0.356 e. The summed E-state index contributed by atoms with van der Waals surface area (Å²) in [7, 11) is -1.34. The predicted octanol–water partition coefficient (Wildman–Crippen LogP) is 0.876. The first-order chi connectivity index (χ1) is 12.8. The van der Waals surface area contributed by atoms with Crippen molar-refractivity contribution in [2.75, 3.05) is 39.5 Å². The first kappa shape index (κ1) is 20.2. The number of fused-ring (bicyclic) bond motifs is 1. The highest BCUT2D eigenvalue weighted by atomic mass is 32.2. The van der Waals surface area contributed by atoms with E-state index in [9.17, 15) is 13.2 Å². The van der Waals surface area contributed by atoms with Gasteiger partial charge in [-0.3, -0.25) is 9.78 Å². The zero-order chi connectivity index (χ0) is 19.5. The summed E-state index contributed by atoms with van der Waals surface area (Å²) in [5.74, 6) is 0.00923. The molecule has 1 aromatic rings. The average molecular weight is 395 g/mol. The second kappa shape index (κ2) is 8.24. The van der Waals surface area contributed by atoms with Crippen LogP contribution in [0.25, 0.3) is 0 Å². The first-order valence-electron chi connectivity index (χ1n) is 9.66. The lowest BCUT2D eigenvalue weighted by Gasteiger charge is -2.52. The van der Waals surface area contributed by atoms with Gasteiger partial charge in [0.25, 0.3) is 0 Å². The number of amides is 1. The molecule has 3 heterocycles. The molecule has 0 radical (unpaired) electrons. The Balaban J connectivity index is 1.66. The highest BCUT2D eigenvalue weighted by Gasteiger charge is 2.54. The van der Waals surface area contributed by atoms with Gasteiger partial charge in [0.15, 0.2) is 0 Å². The van der Waals surface area contributed by atoms with Crippen LogP contribution in [0.5, 0.6) is 0 Å². The van der Waals surface area contributed by atoms with Gasteiger partial charge in [-0.05, 0) is 57.8 Å². The number of pyridine rings is 1. The van der Waals surface area contributed by atoms with Crippen molar-refractivity contribution < 1.29 is 13.2 Å². The Morgan fingerprint density at radius 2 is 2.15 bits per heavy atom. The molecule has 0 bridgehead atoms. The number of hydrogen-bond acceptors (Lipinski definition) is 5. The molecule has 0 aromatic carbocycles. The molecular formula is C19H30N4O3S. The molecule has 0 unspecified atom stereocenters. The number of carbonyl (C=O) groups is 1. The summed E-state index contributed by atoms with van der Waals surface area (Å²) < 4.78 is 26.2. The molecule has 2 fully saturated rings. The van der Waals surface area contributed by atoms with E-state index in [0.29, 0.717) is 26.1 Å². The third kappa shape index (κ3) is 4.50. The van der Waals surface area contributed by atoms with Crippen LogP contribution in [0.4, 0.5) is 0 Å². The van der Waals surface area contributed by atoms with Gasteiger partial charge in [-0.25, -0.2) is 8.42 Å². The van der Waals surface area contributed by atoms with Gasteiger partial charge in [0.05, 0.1) is 17.7 Å². The van der Waals surface area contributed by atoms with Gasteiger partial charge in [0.1, 0.15) is 0 Å². The lowest BCUT2D eigenvalue weighted by Crippen LogP contribution is -2.66. The Labute approximate surface area is 162 Å². The van der Waals surface area contributed by atoms with Crippen molar-refractivity contribution in [2.24, 2.45) is 5.41 Å². The van der Waals surface area contributed by atoms with Crippen molar-refractivity contribution in [3.8, 4) is 0 Å². The van der Waals surface area contributed by atoms with E-state index < -0.39 is 15.4 Å². The molecule has 2 aliphatic heterocycles. The molecular weight excluding hydrogens is 364 g/mol. The average Bonchev–Trinajstić information content (AvgIpc) is 2.64. The van der Waals surface area contributed by atoms with Crippen LogP contribution in [0.15, 0.2) is 24.4 Å². The fourth-order valence-corrected chi connectivity index (χ4v) is 5.64. The van der Waals surface area contributed by atoms with Crippen LogP contribution in [-0.4, -0.2) is 74.0 Å². The number of rotatable bonds is 6. The van der Waals surface area contributed by atoms with Crippen LogP contribution in [0.3, 0.4) is 0 Å². The smallest absolute Gasteiger partial charge is 0.227 e. The number of aromatic nitrogens is 1. The van der Waals surface area contributed by atoms with Gasteiger partial charge in [-0.1, -0.05) is 6.07 Å². The lowest BCUT2D eigenvalue weighted by molar-refractivity contribution is -0.141. The maximum Gasteiger partial charge on any atom is 0.227 e. The maximum atomic E-state index is 13.2. The summed E-state index contributed by atoms with van der Waals surface area (Å²) in [6.07, 6.45) is 6.85. The second-order valence-corrected chi connectivity index (χ2v) is 9.78. The minimum atomic E-state index is -3.33. The highest BCUT2D eigenvalue weighted by molar-refractivity contribution is 7.88. The zero-order valence-corrected chi connectivity index (χ0v) is 17.0. The summed E-state index contributed by atoms with van der Waals surface area (Å²) in [5.41, 5.74) is 0.404. The van der Waals surface area contributed by atoms with E-state index in [1.807, 2.05) is 25.2 Å². The summed E-state index contributed by atoms with van der Waals surface area (Å²) in [5, 5.41) is 3.09. The molecule has 2 atom stereocenters. The van der Waals surface area contributed by atoms with Crippen LogP contribution < -0.4 is 5.32 Å². The van der Waals surface area contributed by atoms with Gasteiger partial charge in [0, 0.05) is 31.5 Å². The molecule has 2 saturated heterocycles. The first-order valence-corrected chi connectivity index (χ1v) is 11.5. The van der Waals surface area contributed by atoms with Gasteiger partial charge >= 0.3 is 0 Å². The van der Waals surface area contributed by atoms with Crippen LogP contribution in [0, 0.1) is 5.41 Å². The highest BCUT2D eigenvalue weighted by Crippen LogP contribution is 2.43. The number of nitrogens with zero attached hydrogens (tertiary/aromatic N) is 3. The Morgan fingerprint density at radius 3 is 2.85 bits per heavy atom. The van der Waals surface area contributed by atoms with Crippen LogP contribution in [0.1, 0.15) is 31.4 Å². The van der Waals surface area contributed by atoms with E-state index in [-0.39, 0.29) is 11.9 Å². The fourth-order valence-electron chi connectivity index (χ4n) is 4.45. The van der Waals surface area contributed by atoms with E-state index in [4.69, 9.17) is 0 Å². The monoisotopic (exact) mass is 394 g/mol. The maximum absolute atomic E-state index is 13.2. The van der Waals surface area contributed by atoms with Crippen molar-refractivity contribution in [3.05, 3.63) is 30.1 Å². The van der Waals surface area contributed by atoms with Gasteiger partial charge in [-0.15, -0.1) is 0 Å². The molecule has 1 aromatic heterocycles. The molecule has 0 spiro atoms. The van der Waals surface area contributed by atoms with Crippen molar-refractivity contribution >= 4 is 15.9 Å². The standard InChI is InChI=1S/C19H30N4O3S/c1-22-14-10-19(9-6-13-23(17(19)15-22)27(2,25)26)18(24)21-12-5-8-16-7-3-4-11-20-16/h3-4,7,11,17H,5-6,8-10,12-15H2,1-2H3,(H,21,24)/t17-,19+/m0/s1. The van der Waals surface area contributed by atoms with E-state index in [1.165, 1.54) is 6.26 Å². The molecule has 2 aliphatic rings. The van der Waals surface area contributed by atoms with Crippen LogP contribution in [0.2, 0.25) is 0 Å². The van der Waals surface area contributed by atoms with E-state index in [0.717, 1.165) is 37.9 Å². The summed E-state index contributed by atoms with van der Waals surface area (Å²) in [6, 6.07) is 5.56. The number of aryl methyl sites for hydroxylation is 1. The predicted molar refractivity (Wildman–Crippen MR) is 105 cm³/mol. The number of likely N-dealkylation sites (N-methyl/N-ethyl adjacent to an activating group) is 1. The van der Waals surface area contributed by atoms with Crippen molar-refractivity contribution in [3.63, 3.8) is 0 Å². The summed E-state index contributed by atoms with van der Waals surface area (Å²) >= 11 is 0. The van der Waals surface area contributed by atoms with E-state index in [1.54, 1.807) is 10.5 Å². The number of nitrogens with one attached hydrogen (secondary N) is 1. The number of sulfonamides is 1. The lowest BCUT2D eigenvalue weighted by atomic mass is 9.68. The topological polar surface area (TPSA) is 82.6 Å². The Bertz CT molecular complexity index is 755. The molecule has 27 heavy (non-hydrogen) atoms. The third-order valence-corrected chi connectivity index (χ3v) is 7.20. The molecule has 1 N–H and O–H groups in total. The largest absolute Gasteiger partial charge is 0.356 e. The van der Waals surface area contributed by atoms with Crippen LogP contribution in [-0.2, 0) is 21.2 Å². The molecule has 150 valence electrons. The number of likely N-dealkylation sites (tertiary alicyclic amines) is 1. The molecule has 0 aliphatic carbocycles. The summed E-state index contributed by atoms with van der Waals surface area (Å²) in [4.78, 5) is 19.6. The van der Waals surface area contributed by atoms with Crippen molar-refractivity contribution in [1.29, 1.82) is 0 Å². The van der Waals surface area contributed by atoms with Gasteiger partial charge in [0.2, 0.25) is 15.9 Å². The second-order valence-electron chi connectivity index (χ2n) is 7.84. The molecule has 3 rings (SSSR count).